The lowest BCUT2D eigenvalue weighted by molar-refractivity contribution is 0.0317. The molecule has 204 valence electrons. The van der Waals surface area contributed by atoms with Gasteiger partial charge in [0.1, 0.15) is 0 Å². The molecule has 0 aromatic rings. The highest BCUT2D eigenvalue weighted by Crippen LogP contribution is 2.31. The number of hydrogen-bond acceptors (Lipinski definition) is 7. The number of alkyl halides is 10. The summed E-state index contributed by atoms with van der Waals surface area (Å²) in [7, 11) is 0. The number of ether oxygens (including phenoxy) is 4. The van der Waals surface area contributed by atoms with Gasteiger partial charge in [-0.2, -0.15) is 0 Å². The Bertz CT molecular complexity index is 556. The summed E-state index contributed by atoms with van der Waals surface area (Å²) < 4.78 is 12.1. The van der Waals surface area contributed by atoms with Crippen LogP contribution in [0.5, 0.6) is 0 Å². The lowest BCUT2D eigenvalue weighted by Gasteiger charge is -2.18. The van der Waals surface area contributed by atoms with E-state index in [2.05, 4.69) is 18.9 Å². The monoisotopic (exact) mass is 694 g/mol. The first-order valence-electron chi connectivity index (χ1n) is 8.58. The van der Waals surface area contributed by atoms with E-state index in [1.165, 1.54) is 0 Å². The largest absolute Gasteiger partial charge is 0.510 e. The first kappa shape index (κ1) is 39.2. The van der Waals surface area contributed by atoms with Crippen LogP contribution in [0, 0.1) is 0 Å². The summed E-state index contributed by atoms with van der Waals surface area (Å²) in [5, 5.41) is 13.9. The average molecular weight is 699 g/mol. The van der Waals surface area contributed by atoms with Gasteiger partial charge in [0.05, 0.1) is 13.2 Å². The number of carbonyl (C=O) groups is 3. The van der Waals surface area contributed by atoms with E-state index in [9.17, 15) is 9.59 Å². The Labute approximate surface area is 245 Å². The van der Waals surface area contributed by atoms with Crippen molar-refractivity contribution in [3.63, 3.8) is 0 Å². The van der Waals surface area contributed by atoms with Crippen LogP contribution in [-0.2, 0) is 18.9 Å². The van der Waals surface area contributed by atoms with Gasteiger partial charge in [-0.15, -0.1) is 0 Å². The summed E-state index contributed by atoms with van der Waals surface area (Å²) in [6.07, 6.45) is -3.27. The average Bonchev–Trinajstić information content (AvgIpc) is 2.58. The normalized spacial score (nSPS) is 11.6. The summed E-state index contributed by atoms with van der Waals surface area (Å²) in [6.45, 7) is 3.11. The molecule has 34 heavy (non-hydrogen) atoms. The molecule has 0 aliphatic rings. The number of halogens is 10. The molecule has 2 N–H and O–H groups in total. The molecule has 0 radical (unpaired) electrons. The van der Waals surface area contributed by atoms with Crippen molar-refractivity contribution in [2.75, 3.05) is 13.2 Å². The van der Waals surface area contributed by atoms with Crippen LogP contribution in [0.3, 0.4) is 0 Å². The van der Waals surface area contributed by atoms with Gasteiger partial charge in [-0.05, 0) is 0 Å². The first-order chi connectivity index (χ1) is 15.1. The van der Waals surface area contributed by atoms with Crippen molar-refractivity contribution in [1.29, 1.82) is 0 Å². The Morgan fingerprint density at radius 1 is 0.618 bits per heavy atom. The van der Waals surface area contributed by atoms with Gasteiger partial charge in [-0.25, -0.2) is 14.4 Å². The van der Waals surface area contributed by atoms with Crippen LogP contribution in [0.25, 0.3) is 0 Å². The second-order valence-corrected chi connectivity index (χ2v) is 13.3. The summed E-state index contributed by atoms with van der Waals surface area (Å²) in [5.41, 5.74) is 0. The summed E-state index contributed by atoms with van der Waals surface area (Å²) >= 11 is 54.7. The highest BCUT2D eigenvalue weighted by Gasteiger charge is 2.29. The third-order valence-electron chi connectivity index (χ3n) is 2.50. The summed E-state index contributed by atoms with van der Waals surface area (Å²) in [4.78, 5) is 30.5. The molecule has 0 aromatic heterocycles. The number of rotatable bonds is 8. The van der Waals surface area contributed by atoms with E-state index < -0.39 is 35.1 Å². The molecule has 0 saturated carbocycles. The fraction of sp³-hybridized carbons (Fsp3) is 0.800. The smallest absolute Gasteiger partial charge is 0.450 e. The molecule has 0 heterocycles. The fourth-order valence-electron chi connectivity index (χ4n) is 0.947. The van der Waals surface area contributed by atoms with E-state index in [0.29, 0.717) is 0 Å². The van der Waals surface area contributed by atoms with E-state index in [-0.39, 0.29) is 38.9 Å². The second kappa shape index (κ2) is 18.9. The molecule has 0 aromatic carbocycles. The van der Waals surface area contributed by atoms with Crippen LogP contribution in [0.4, 0.5) is 14.4 Å². The molecule has 0 saturated heterocycles. The van der Waals surface area contributed by atoms with Gasteiger partial charge in [0.25, 0.3) is 9.04 Å². The molecule has 9 nitrogen and oxygen atoms in total. The highest BCUT2D eigenvalue weighted by atomic mass is 35.6. The molecule has 19 heteroatoms. The lowest BCUT2D eigenvalue weighted by atomic mass is 10.5. The zero-order valence-electron chi connectivity index (χ0n) is 17.3. The summed E-state index contributed by atoms with van der Waals surface area (Å²) in [6, 6.07) is 0. The van der Waals surface area contributed by atoms with Gasteiger partial charge in [0.15, 0.2) is 7.59 Å². The Morgan fingerprint density at radius 3 is 1.03 bits per heavy atom. The molecule has 0 unspecified atom stereocenters. The Hall–Kier alpha value is 0.710. The molecule has 0 aliphatic heterocycles. The first-order valence-corrected chi connectivity index (χ1v) is 12.4. The molecule has 0 bridgehead atoms. The van der Waals surface area contributed by atoms with Crippen LogP contribution in [0.15, 0.2) is 0 Å². The molecule has 0 fully saturated rings. The van der Waals surface area contributed by atoms with E-state index in [1.54, 1.807) is 13.8 Å². The van der Waals surface area contributed by atoms with Gasteiger partial charge >= 0.3 is 18.5 Å². The Morgan fingerprint density at radius 2 is 0.853 bits per heavy atom. The number of carboxylic acid groups (broad SMARTS) is 2. The maximum Gasteiger partial charge on any atom is 0.510 e. The van der Waals surface area contributed by atoms with Crippen molar-refractivity contribution in [2.24, 2.45) is 0 Å². The topological polar surface area (TPSA) is 129 Å². The SMILES string of the molecule is CCC(Cl)(Cl)OC(=O)OCCC(Cl)(Cl)Cl.CCC(Cl)(Cl)OC(=O)OCCC(Cl)(Cl)Cl.O=C(O)O. The van der Waals surface area contributed by atoms with E-state index in [0.717, 1.165) is 0 Å². The molecule has 0 rings (SSSR count). The van der Waals surface area contributed by atoms with E-state index in [4.69, 9.17) is 131 Å². The van der Waals surface area contributed by atoms with Gasteiger partial charge in [-0.1, -0.05) is 130 Å². The molecular weight excluding hydrogens is 679 g/mol. The quantitative estimate of drug-likeness (QED) is 0.188. The highest BCUT2D eigenvalue weighted by molar-refractivity contribution is 6.68. The zero-order chi connectivity index (χ0) is 27.8. The zero-order valence-corrected chi connectivity index (χ0v) is 24.8. The molecule has 0 aliphatic carbocycles. The molecule has 0 atom stereocenters. The lowest BCUT2D eigenvalue weighted by Crippen LogP contribution is -2.23. The standard InChI is InChI=1S/2C7H9Cl5O3.CH2O3/c2*1-2-7(11,12)15-5(13)14-4-3-6(8,9)10;2-1(3)4/h2*2-4H2,1H3;(H2,2,3,4). The van der Waals surface area contributed by atoms with Gasteiger partial charge in [-0.3, -0.25) is 0 Å². The van der Waals surface area contributed by atoms with Crippen LogP contribution in [0.2, 0.25) is 0 Å². The van der Waals surface area contributed by atoms with Crippen molar-refractivity contribution >= 4 is 134 Å². The maximum absolute atomic E-state index is 11.0. The maximum atomic E-state index is 11.0. The molecular formula is C15H20Cl10O9. The third-order valence-corrected chi connectivity index (χ3v) is 5.01. The van der Waals surface area contributed by atoms with Crippen LogP contribution in [0.1, 0.15) is 39.5 Å². The number of hydrogen-bond donors (Lipinski definition) is 2. The second-order valence-electron chi connectivity index (χ2n) is 5.40. The van der Waals surface area contributed by atoms with Crippen LogP contribution < -0.4 is 0 Å². The Kier molecular flexibility index (Phi) is 21.8. The minimum Gasteiger partial charge on any atom is -0.450 e. The predicted octanol–water partition coefficient (Wildman–Crippen LogP) is 9.11. The van der Waals surface area contributed by atoms with Crippen molar-refractivity contribution in [3.8, 4) is 0 Å². The number of carbonyl (C=O) groups excluding carboxylic acids is 2. The fourth-order valence-corrected chi connectivity index (χ4v) is 1.66. The van der Waals surface area contributed by atoms with Crippen LogP contribution >= 0.6 is 116 Å². The minimum absolute atomic E-state index is 0.0520. The Balaban J connectivity index is -0.000000488. The summed E-state index contributed by atoms with van der Waals surface area (Å²) in [5.74, 6) is 0. The van der Waals surface area contributed by atoms with Crippen molar-refractivity contribution in [2.45, 2.75) is 56.2 Å². The van der Waals surface area contributed by atoms with Crippen molar-refractivity contribution in [1.82, 2.24) is 0 Å². The van der Waals surface area contributed by atoms with E-state index >= 15 is 0 Å². The predicted molar refractivity (Wildman–Crippen MR) is 135 cm³/mol. The molecule has 0 spiro atoms. The third kappa shape index (κ3) is 34.9. The minimum atomic E-state index is -1.83. The van der Waals surface area contributed by atoms with Crippen molar-refractivity contribution in [3.05, 3.63) is 0 Å². The van der Waals surface area contributed by atoms with Crippen molar-refractivity contribution < 1.29 is 43.5 Å². The van der Waals surface area contributed by atoms with Gasteiger partial charge in [0, 0.05) is 25.7 Å². The van der Waals surface area contributed by atoms with Gasteiger partial charge < -0.3 is 29.2 Å². The van der Waals surface area contributed by atoms with Gasteiger partial charge in [0.2, 0.25) is 0 Å². The van der Waals surface area contributed by atoms with Crippen LogP contribution in [-0.4, -0.2) is 58.5 Å². The molecule has 0 amide bonds. The van der Waals surface area contributed by atoms with E-state index in [1.807, 2.05) is 0 Å².